The van der Waals surface area contributed by atoms with E-state index in [4.69, 9.17) is 11.6 Å². The molecule has 0 spiro atoms. The first-order valence-electron chi connectivity index (χ1n) is 6.40. The highest BCUT2D eigenvalue weighted by molar-refractivity contribution is 6.17. The van der Waals surface area contributed by atoms with Crippen molar-refractivity contribution in [2.75, 3.05) is 0 Å². The standard InChI is InChI=1S/C16H14ClFN2/c1-10-3-5-14(12(18)7-10)20-15-6-4-11(2)8-13(15)19-16(20)9-17/h3-8H,9H2,1-2H3. The smallest absolute Gasteiger partial charge is 0.147 e. The fraction of sp³-hybridized carbons (Fsp3) is 0.188. The van der Waals surface area contributed by atoms with Gasteiger partial charge in [-0.1, -0.05) is 12.1 Å². The van der Waals surface area contributed by atoms with E-state index in [1.54, 1.807) is 10.6 Å². The van der Waals surface area contributed by atoms with Gasteiger partial charge in [-0.25, -0.2) is 9.37 Å². The molecule has 0 fully saturated rings. The van der Waals surface area contributed by atoms with E-state index in [1.807, 2.05) is 38.1 Å². The molecule has 0 amide bonds. The molecule has 3 aromatic rings. The predicted molar refractivity (Wildman–Crippen MR) is 80.1 cm³/mol. The first-order valence-corrected chi connectivity index (χ1v) is 6.94. The maximum Gasteiger partial charge on any atom is 0.147 e. The Labute approximate surface area is 121 Å². The van der Waals surface area contributed by atoms with Gasteiger partial charge in [0.25, 0.3) is 0 Å². The Morgan fingerprint density at radius 3 is 2.50 bits per heavy atom. The van der Waals surface area contributed by atoms with E-state index in [0.29, 0.717) is 11.5 Å². The average molecular weight is 289 g/mol. The van der Waals surface area contributed by atoms with E-state index < -0.39 is 0 Å². The second-order valence-electron chi connectivity index (χ2n) is 4.94. The second-order valence-corrected chi connectivity index (χ2v) is 5.21. The zero-order chi connectivity index (χ0) is 14.3. The lowest BCUT2D eigenvalue weighted by atomic mass is 10.2. The third-order valence-electron chi connectivity index (χ3n) is 3.34. The number of hydrogen-bond acceptors (Lipinski definition) is 1. The number of imidazole rings is 1. The molecule has 0 N–H and O–H groups in total. The van der Waals surface area contributed by atoms with Gasteiger partial charge in [-0.15, -0.1) is 11.6 Å². The van der Waals surface area contributed by atoms with Crippen molar-refractivity contribution in [3.63, 3.8) is 0 Å². The highest BCUT2D eigenvalue weighted by Crippen LogP contribution is 2.25. The minimum Gasteiger partial charge on any atom is -0.292 e. The summed E-state index contributed by atoms with van der Waals surface area (Å²) < 4.78 is 16.0. The number of fused-ring (bicyclic) bond motifs is 1. The van der Waals surface area contributed by atoms with Crippen LogP contribution in [0.15, 0.2) is 36.4 Å². The third kappa shape index (κ3) is 2.08. The minimum absolute atomic E-state index is 0.237. The number of benzene rings is 2. The molecule has 0 aliphatic rings. The van der Waals surface area contributed by atoms with Gasteiger partial charge in [0.2, 0.25) is 0 Å². The molecule has 1 aromatic heterocycles. The van der Waals surface area contributed by atoms with Gasteiger partial charge in [-0.3, -0.25) is 4.57 Å². The summed E-state index contributed by atoms with van der Waals surface area (Å²) in [6.07, 6.45) is 0. The van der Waals surface area contributed by atoms with E-state index in [1.165, 1.54) is 6.07 Å². The molecule has 2 aromatic carbocycles. The molecule has 102 valence electrons. The van der Waals surface area contributed by atoms with Crippen LogP contribution < -0.4 is 0 Å². The minimum atomic E-state index is -0.267. The summed E-state index contributed by atoms with van der Waals surface area (Å²) in [5.41, 5.74) is 4.19. The van der Waals surface area contributed by atoms with Crippen molar-refractivity contribution in [3.05, 3.63) is 59.2 Å². The van der Waals surface area contributed by atoms with Gasteiger partial charge in [-0.2, -0.15) is 0 Å². The lowest BCUT2D eigenvalue weighted by Crippen LogP contribution is -2.02. The molecule has 0 unspecified atom stereocenters. The fourth-order valence-electron chi connectivity index (χ4n) is 2.39. The first kappa shape index (κ1) is 13.1. The highest BCUT2D eigenvalue weighted by Gasteiger charge is 2.14. The largest absolute Gasteiger partial charge is 0.292 e. The number of halogens is 2. The zero-order valence-corrected chi connectivity index (χ0v) is 12.1. The topological polar surface area (TPSA) is 17.8 Å². The van der Waals surface area contributed by atoms with Crippen LogP contribution in [0.2, 0.25) is 0 Å². The quantitative estimate of drug-likeness (QED) is 0.634. The van der Waals surface area contributed by atoms with Crippen LogP contribution in [0.4, 0.5) is 4.39 Å². The van der Waals surface area contributed by atoms with E-state index in [-0.39, 0.29) is 11.7 Å². The Kier molecular flexibility index (Phi) is 3.22. The Morgan fingerprint density at radius 1 is 1.10 bits per heavy atom. The summed E-state index contributed by atoms with van der Waals surface area (Å²) in [6, 6.07) is 11.1. The Hall–Kier alpha value is -1.87. The predicted octanol–water partition coefficient (Wildman–Crippen LogP) is 4.52. The number of hydrogen-bond donors (Lipinski definition) is 0. The van der Waals surface area contributed by atoms with Crippen molar-refractivity contribution >= 4 is 22.6 Å². The van der Waals surface area contributed by atoms with Crippen LogP contribution >= 0.6 is 11.6 Å². The van der Waals surface area contributed by atoms with Crippen LogP contribution in [0.3, 0.4) is 0 Å². The molecule has 0 aliphatic heterocycles. The molecule has 0 atom stereocenters. The number of aromatic nitrogens is 2. The van der Waals surface area contributed by atoms with Gasteiger partial charge in [0.05, 0.1) is 22.6 Å². The van der Waals surface area contributed by atoms with Crippen molar-refractivity contribution in [2.45, 2.75) is 19.7 Å². The Bertz CT molecular complexity index is 793. The first-order chi connectivity index (χ1) is 9.60. The monoisotopic (exact) mass is 288 g/mol. The fourth-order valence-corrected chi connectivity index (χ4v) is 2.57. The molecule has 1 heterocycles. The summed E-state index contributed by atoms with van der Waals surface area (Å²) in [5.74, 6) is 0.618. The summed E-state index contributed by atoms with van der Waals surface area (Å²) in [7, 11) is 0. The van der Waals surface area contributed by atoms with Gasteiger partial charge in [0.15, 0.2) is 0 Å². The molecule has 0 saturated carbocycles. The van der Waals surface area contributed by atoms with Gasteiger partial charge in [0, 0.05) is 0 Å². The molecule has 2 nitrogen and oxygen atoms in total. The van der Waals surface area contributed by atoms with Crippen LogP contribution in [-0.2, 0) is 5.88 Å². The van der Waals surface area contributed by atoms with Crippen LogP contribution in [-0.4, -0.2) is 9.55 Å². The van der Waals surface area contributed by atoms with Gasteiger partial charge in [0.1, 0.15) is 11.6 Å². The highest BCUT2D eigenvalue weighted by atomic mass is 35.5. The van der Waals surface area contributed by atoms with Crippen LogP contribution in [0.1, 0.15) is 17.0 Å². The maximum absolute atomic E-state index is 14.2. The van der Waals surface area contributed by atoms with Crippen molar-refractivity contribution in [3.8, 4) is 5.69 Å². The van der Waals surface area contributed by atoms with E-state index >= 15 is 0 Å². The van der Waals surface area contributed by atoms with Crippen molar-refractivity contribution < 1.29 is 4.39 Å². The Balaban J connectivity index is 2.34. The van der Waals surface area contributed by atoms with Crippen LogP contribution in [0, 0.1) is 19.7 Å². The van der Waals surface area contributed by atoms with Gasteiger partial charge >= 0.3 is 0 Å². The van der Waals surface area contributed by atoms with Gasteiger partial charge < -0.3 is 0 Å². The Morgan fingerprint density at radius 2 is 1.80 bits per heavy atom. The molecular formula is C16H14ClFN2. The SMILES string of the molecule is Cc1ccc(-n2c(CCl)nc3cc(C)ccc32)c(F)c1. The second kappa shape index (κ2) is 4.91. The molecule has 0 radical (unpaired) electrons. The van der Waals surface area contributed by atoms with Crippen molar-refractivity contribution in [1.29, 1.82) is 0 Å². The molecule has 4 heteroatoms. The molecule has 0 aliphatic carbocycles. The summed E-state index contributed by atoms with van der Waals surface area (Å²) in [6.45, 7) is 3.87. The molecule has 20 heavy (non-hydrogen) atoms. The van der Waals surface area contributed by atoms with Crippen molar-refractivity contribution in [2.24, 2.45) is 0 Å². The average Bonchev–Trinajstić information content (AvgIpc) is 2.76. The maximum atomic E-state index is 14.2. The third-order valence-corrected chi connectivity index (χ3v) is 3.58. The molecule has 3 rings (SSSR count). The summed E-state index contributed by atoms with van der Waals surface area (Å²) in [5, 5.41) is 0. The van der Waals surface area contributed by atoms with E-state index in [0.717, 1.165) is 22.2 Å². The molecule has 0 bridgehead atoms. The summed E-state index contributed by atoms with van der Waals surface area (Å²) in [4.78, 5) is 4.50. The molecular weight excluding hydrogens is 275 g/mol. The van der Waals surface area contributed by atoms with E-state index in [2.05, 4.69) is 4.98 Å². The number of aryl methyl sites for hydroxylation is 2. The van der Waals surface area contributed by atoms with Crippen LogP contribution in [0.5, 0.6) is 0 Å². The normalized spacial score (nSPS) is 11.2. The van der Waals surface area contributed by atoms with Gasteiger partial charge in [-0.05, 0) is 49.2 Å². The van der Waals surface area contributed by atoms with E-state index in [9.17, 15) is 4.39 Å². The van der Waals surface area contributed by atoms with Crippen molar-refractivity contribution in [1.82, 2.24) is 9.55 Å². The lowest BCUT2D eigenvalue weighted by molar-refractivity contribution is 0.616. The zero-order valence-electron chi connectivity index (χ0n) is 11.3. The number of nitrogens with zero attached hydrogens (tertiary/aromatic N) is 2. The lowest BCUT2D eigenvalue weighted by Gasteiger charge is -2.09. The summed E-state index contributed by atoms with van der Waals surface area (Å²) >= 11 is 5.97. The molecule has 0 saturated heterocycles. The van der Waals surface area contributed by atoms with Crippen LogP contribution in [0.25, 0.3) is 16.7 Å². The number of rotatable bonds is 2. The number of alkyl halides is 1.